The summed E-state index contributed by atoms with van der Waals surface area (Å²) in [6, 6.07) is 4.74. The van der Waals surface area contributed by atoms with Crippen molar-refractivity contribution in [3.05, 3.63) is 0 Å². The lowest BCUT2D eigenvalue weighted by atomic mass is 10.6. The van der Waals surface area contributed by atoms with Gasteiger partial charge in [-0.05, 0) is 0 Å². The van der Waals surface area contributed by atoms with E-state index in [0.29, 0.717) is 19.0 Å². The summed E-state index contributed by atoms with van der Waals surface area (Å²) >= 11 is 0. The Labute approximate surface area is 74.3 Å². The molecule has 1 rings (SSSR count). The molecule has 0 aromatic rings. The van der Waals surface area contributed by atoms with Gasteiger partial charge in [-0.2, -0.15) is 0 Å². The molecule has 10 heavy (non-hydrogen) atoms. The minimum absolute atomic E-state index is 0. The molecule has 0 unspecified atom stereocenters. The fourth-order valence-electron chi connectivity index (χ4n) is 1.06. The molecule has 0 radical (unpaired) electrons. The third-order valence-electron chi connectivity index (χ3n) is 1.50. The van der Waals surface area contributed by atoms with Gasteiger partial charge in [-0.15, -0.1) is 0 Å². The van der Waals surface area contributed by atoms with Gasteiger partial charge in [0.25, 0.3) is 0 Å². The van der Waals surface area contributed by atoms with Gasteiger partial charge < -0.3 is 0 Å². The molecule has 1 aliphatic heterocycles. The number of rotatable bonds is 0. The molecule has 0 aromatic carbocycles. The highest BCUT2D eigenvalue weighted by molar-refractivity contribution is 6.57. The average molecular weight is 193 g/mol. The van der Waals surface area contributed by atoms with Gasteiger partial charge in [0.15, 0.2) is 0 Å². The van der Waals surface area contributed by atoms with Crippen molar-refractivity contribution in [1.29, 1.82) is 0 Å². The zero-order valence-electron chi connectivity index (χ0n) is 6.95. The fraction of sp³-hybridized carbons (Fsp3) is 1.00. The Morgan fingerprint density at radius 1 is 1.30 bits per heavy atom. The number of hydrogen-bond acceptors (Lipinski definition) is 0. The molecule has 1 saturated heterocycles. The molecular weight excluding hydrogens is 168 g/mol. The van der Waals surface area contributed by atoms with Crippen molar-refractivity contribution < 1.29 is 0 Å². The molecule has 0 amide bonds. The van der Waals surface area contributed by atoms with Gasteiger partial charge in [0.1, 0.15) is 0 Å². The van der Waals surface area contributed by atoms with Gasteiger partial charge in [-0.25, -0.2) is 0 Å². The minimum Gasteiger partial charge on any atom is -0.0776 e. The third-order valence-corrected chi connectivity index (χ3v) is 7.50. The SMILES string of the molecule is C.C1C[SiH2]C[SiH2]C1.CC[SiH3]. The van der Waals surface area contributed by atoms with Gasteiger partial charge in [-0.3, -0.25) is 0 Å². The molecule has 0 nitrogen and oxygen atoms in total. The monoisotopic (exact) mass is 192 g/mol. The Morgan fingerprint density at radius 3 is 1.80 bits per heavy atom. The van der Waals surface area contributed by atoms with Crippen molar-refractivity contribution in [3.63, 3.8) is 0 Å². The minimum atomic E-state index is 0. The Bertz CT molecular complexity index is 32.6. The average Bonchev–Trinajstić information content (AvgIpc) is 1.93. The summed E-state index contributed by atoms with van der Waals surface area (Å²) in [5, 5.41) is 0. The van der Waals surface area contributed by atoms with E-state index in [2.05, 4.69) is 6.92 Å². The fourth-order valence-corrected chi connectivity index (χ4v) is 7.42. The van der Waals surface area contributed by atoms with E-state index in [1.165, 1.54) is 16.3 Å². The van der Waals surface area contributed by atoms with Crippen molar-refractivity contribution in [2.45, 2.75) is 44.6 Å². The molecule has 0 bridgehead atoms. The van der Waals surface area contributed by atoms with Crippen molar-refractivity contribution >= 4 is 29.3 Å². The molecule has 0 N–H and O–H groups in total. The summed E-state index contributed by atoms with van der Waals surface area (Å²) < 4.78 is 0. The summed E-state index contributed by atoms with van der Waals surface area (Å²) in [6.07, 6.45) is 1.62. The third kappa shape index (κ3) is 11.4. The first-order valence-corrected chi connectivity index (χ1v) is 9.83. The van der Waals surface area contributed by atoms with Crippen LogP contribution in [0.4, 0.5) is 0 Å². The molecule has 1 heterocycles. The lowest BCUT2D eigenvalue weighted by Gasteiger charge is -2.04. The normalized spacial score (nSPS) is 21.3. The standard InChI is InChI=1S/C4H12Si2.C2H8Si.CH4/c1-2-5-4-6-3-1;1-2-3;/h1-6H2;2H2,1,3H3;1H4. The zero-order valence-corrected chi connectivity index (χ0v) is 11.8. The van der Waals surface area contributed by atoms with Crippen LogP contribution in [-0.2, 0) is 0 Å². The predicted molar refractivity (Wildman–Crippen MR) is 63.3 cm³/mol. The van der Waals surface area contributed by atoms with E-state index in [1.807, 2.05) is 0 Å². The summed E-state index contributed by atoms with van der Waals surface area (Å²) in [5.41, 5.74) is 1.78. The van der Waals surface area contributed by atoms with E-state index in [4.69, 9.17) is 0 Å². The van der Waals surface area contributed by atoms with Gasteiger partial charge in [0, 0.05) is 29.3 Å². The predicted octanol–water partition coefficient (Wildman–Crippen LogP) is 0.366. The van der Waals surface area contributed by atoms with Crippen LogP contribution in [-0.4, -0.2) is 29.3 Å². The van der Waals surface area contributed by atoms with Crippen molar-refractivity contribution in [3.8, 4) is 0 Å². The van der Waals surface area contributed by atoms with Crippen LogP contribution in [0.3, 0.4) is 0 Å². The van der Waals surface area contributed by atoms with Crippen molar-refractivity contribution in [2.75, 3.05) is 0 Å². The Balaban J connectivity index is 0. The molecule has 0 aliphatic carbocycles. The summed E-state index contributed by atoms with van der Waals surface area (Å²) in [7, 11) is 2.51. The number of hydrogen-bond donors (Lipinski definition) is 0. The molecule has 3 heteroatoms. The lowest BCUT2D eigenvalue weighted by Crippen LogP contribution is -2.03. The van der Waals surface area contributed by atoms with Crippen LogP contribution >= 0.6 is 0 Å². The van der Waals surface area contributed by atoms with E-state index < -0.39 is 0 Å². The second-order valence-corrected chi connectivity index (χ2v) is 9.90. The largest absolute Gasteiger partial charge is 0.0776 e. The van der Waals surface area contributed by atoms with Crippen LogP contribution < -0.4 is 0 Å². The maximum atomic E-state index is 2.19. The highest BCUT2D eigenvalue weighted by atomic mass is 28.3. The van der Waals surface area contributed by atoms with Gasteiger partial charge in [-0.1, -0.05) is 44.6 Å². The summed E-state index contributed by atoms with van der Waals surface area (Å²) in [4.78, 5) is 0. The summed E-state index contributed by atoms with van der Waals surface area (Å²) in [6.45, 7) is 2.19. The van der Waals surface area contributed by atoms with E-state index in [9.17, 15) is 0 Å². The van der Waals surface area contributed by atoms with Gasteiger partial charge in [0.05, 0.1) is 0 Å². The maximum absolute atomic E-state index is 2.19. The quantitative estimate of drug-likeness (QED) is 0.487. The van der Waals surface area contributed by atoms with Crippen LogP contribution in [0.2, 0.25) is 23.8 Å². The van der Waals surface area contributed by atoms with E-state index in [-0.39, 0.29) is 7.43 Å². The van der Waals surface area contributed by atoms with Crippen LogP contribution in [0, 0.1) is 0 Å². The van der Waals surface area contributed by atoms with Gasteiger partial charge >= 0.3 is 0 Å². The Hall–Kier alpha value is 0.651. The molecular formula is C7H24Si3. The molecule has 64 valence electrons. The van der Waals surface area contributed by atoms with Crippen LogP contribution in [0.5, 0.6) is 0 Å². The molecule has 0 atom stereocenters. The van der Waals surface area contributed by atoms with E-state index >= 15 is 0 Å². The van der Waals surface area contributed by atoms with Crippen LogP contribution in [0.1, 0.15) is 20.8 Å². The highest BCUT2D eigenvalue weighted by Gasteiger charge is 1.97. The maximum Gasteiger partial charge on any atom is 0.0166 e. The van der Waals surface area contributed by atoms with Crippen LogP contribution in [0.15, 0.2) is 0 Å². The zero-order chi connectivity index (χ0) is 6.95. The highest BCUT2D eigenvalue weighted by Crippen LogP contribution is 2.04. The second-order valence-electron chi connectivity index (χ2n) is 2.83. The Morgan fingerprint density at radius 2 is 1.70 bits per heavy atom. The van der Waals surface area contributed by atoms with Gasteiger partial charge in [0.2, 0.25) is 0 Å². The van der Waals surface area contributed by atoms with Crippen molar-refractivity contribution in [2.24, 2.45) is 0 Å². The smallest absolute Gasteiger partial charge is 0.0166 e. The lowest BCUT2D eigenvalue weighted by molar-refractivity contribution is 1.04. The molecule has 0 saturated carbocycles. The van der Waals surface area contributed by atoms with Crippen LogP contribution in [0.25, 0.3) is 0 Å². The molecule has 1 fully saturated rings. The first kappa shape index (κ1) is 13.3. The first-order valence-electron chi connectivity index (χ1n) is 4.41. The van der Waals surface area contributed by atoms with E-state index in [0.717, 1.165) is 0 Å². The second kappa shape index (κ2) is 12.3. The van der Waals surface area contributed by atoms with E-state index in [1.54, 1.807) is 24.2 Å². The molecule has 0 aromatic heterocycles. The first-order chi connectivity index (χ1) is 4.41. The summed E-state index contributed by atoms with van der Waals surface area (Å²) in [5.74, 6) is 0. The topological polar surface area (TPSA) is 0 Å². The van der Waals surface area contributed by atoms with Crippen molar-refractivity contribution in [1.82, 2.24) is 0 Å². The molecule has 0 spiro atoms. The Kier molecular flexibility index (Phi) is 16.4. The molecule has 1 aliphatic rings.